The van der Waals surface area contributed by atoms with Crippen LogP contribution in [0, 0.1) is 25.2 Å². The van der Waals surface area contributed by atoms with Crippen LogP contribution in [0.25, 0.3) is 0 Å². The number of anilines is 1. The molecular weight excluding hydrogens is 192 g/mol. The van der Waals surface area contributed by atoms with E-state index < -0.39 is 5.91 Å². The third-order valence-corrected chi connectivity index (χ3v) is 2.31. The van der Waals surface area contributed by atoms with E-state index in [0.29, 0.717) is 5.69 Å². The van der Waals surface area contributed by atoms with Gasteiger partial charge in [-0.05, 0) is 37.1 Å². The molecule has 0 saturated heterocycles. The Kier molecular flexibility index (Phi) is 3.29. The normalized spacial score (nSPS) is 9.20. The molecule has 4 nitrogen and oxygen atoms in total. The van der Waals surface area contributed by atoms with Gasteiger partial charge in [-0.2, -0.15) is 5.26 Å². The Labute approximate surface area is 88.5 Å². The first-order valence-electron chi connectivity index (χ1n) is 4.45. The fourth-order valence-electron chi connectivity index (χ4n) is 1.30. The van der Waals surface area contributed by atoms with Crippen LogP contribution >= 0.6 is 0 Å². The molecule has 0 aliphatic rings. The molecule has 0 fully saturated rings. The van der Waals surface area contributed by atoms with E-state index in [1.165, 1.54) is 6.07 Å². The summed E-state index contributed by atoms with van der Waals surface area (Å²) in [5.41, 5.74) is 2.49. The molecule has 0 aliphatic heterocycles. The number of nitrogens with zero attached hydrogens (tertiary/aromatic N) is 1. The smallest absolute Gasteiger partial charge is 0.326 e. The number of amides is 1. The predicted molar refractivity (Wildman–Crippen MR) is 56.7 cm³/mol. The summed E-state index contributed by atoms with van der Waals surface area (Å²) >= 11 is 0. The van der Waals surface area contributed by atoms with Crippen molar-refractivity contribution in [3.8, 4) is 11.8 Å². The Hall–Kier alpha value is -2.02. The van der Waals surface area contributed by atoms with E-state index in [1.54, 1.807) is 19.2 Å². The van der Waals surface area contributed by atoms with E-state index in [4.69, 9.17) is 10.00 Å². The molecule has 0 aliphatic carbocycles. The summed E-state index contributed by atoms with van der Waals surface area (Å²) in [6, 6.07) is 4.99. The fraction of sp³-hybridized carbons (Fsp3) is 0.273. The first-order valence-corrected chi connectivity index (χ1v) is 4.45. The van der Waals surface area contributed by atoms with Crippen molar-refractivity contribution in [2.75, 3.05) is 12.4 Å². The van der Waals surface area contributed by atoms with Crippen LogP contribution in [-0.2, 0) is 4.79 Å². The highest BCUT2D eigenvalue weighted by Gasteiger charge is 2.08. The lowest BCUT2D eigenvalue weighted by atomic mass is 10.1. The molecule has 0 heterocycles. The van der Waals surface area contributed by atoms with Crippen LogP contribution in [-0.4, -0.2) is 13.0 Å². The van der Waals surface area contributed by atoms with Gasteiger partial charge in [-0.1, -0.05) is 0 Å². The Morgan fingerprint density at radius 3 is 2.60 bits per heavy atom. The van der Waals surface area contributed by atoms with Crippen LogP contribution in [0.2, 0.25) is 0 Å². The molecule has 1 N–H and O–H groups in total. The van der Waals surface area contributed by atoms with Gasteiger partial charge >= 0.3 is 5.91 Å². The van der Waals surface area contributed by atoms with Gasteiger partial charge < -0.3 is 10.1 Å². The number of rotatable bonds is 2. The van der Waals surface area contributed by atoms with E-state index in [0.717, 1.165) is 16.9 Å². The monoisotopic (exact) mass is 204 g/mol. The Morgan fingerprint density at radius 2 is 2.07 bits per heavy atom. The Morgan fingerprint density at radius 1 is 1.40 bits per heavy atom. The highest BCUT2D eigenvalue weighted by molar-refractivity contribution is 6.02. The molecule has 78 valence electrons. The van der Waals surface area contributed by atoms with Crippen molar-refractivity contribution in [1.82, 2.24) is 0 Å². The lowest BCUT2D eigenvalue weighted by Gasteiger charge is -2.11. The van der Waals surface area contributed by atoms with Gasteiger partial charge in [-0.15, -0.1) is 0 Å². The minimum Gasteiger partial charge on any atom is -0.496 e. The van der Waals surface area contributed by atoms with Crippen LogP contribution in [0.3, 0.4) is 0 Å². The fourth-order valence-corrected chi connectivity index (χ4v) is 1.30. The number of nitrogens with one attached hydrogen (secondary N) is 1. The van der Waals surface area contributed by atoms with Crippen molar-refractivity contribution < 1.29 is 9.53 Å². The lowest BCUT2D eigenvalue weighted by Crippen LogP contribution is -2.09. The van der Waals surface area contributed by atoms with Crippen LogP contribution in [0.4, 0.5) is 5.69 Å². The van der Waals surface area contributed by atoms with Gasteiger partial charge in [0.25, 0.3) is 0 Å². The molecule has 1 rings (SSSR count). The van der Waals surface area contributed by atoms with Crippen molar-refractivity contribution in [2.24, 2.45) is 0 Å². The molecule has 0 radical (unpaired) electrons. The zero-order chi connectivity index (χ0) is 11.4. The number of carbonyl (C=O) groups excluding carboxylic acids is 1. The average molecular weight is 204 g/mol. The number of ether oxygens (including phenoxy) is 1. The van der Waals surface area contributed by atoms with E-state index in [2.05, 4.69) is 5.32 Å². The quantitative estimate of drug-likeness (QED) is 0.747. The van der Waals surface area contributed by atoms with E-state index in [-0.39, 0.29) is 0 Å². The third kappa shape index (κ3) is 2.26. The summed E-state index contributed by atoms with van der Waals surface area (Å²) < 4.78 is 5.13. The number of benzene rings is 1. The maximum atomic E-state index is 10.9. The van der Waals surface area contributed by atoms with Gasteiger partial charge in [0.15, 0.2) is 6.07 Å². The van der Waals surface area contributed by atoms with Crippen molar-refractivity contribution in [3.05, 3.63) is 23.3 Å². The molecule has 0 spiro atoms. The molecule has 0 unspecified atom stereocenters. The molecule has 4 heteroatoms. The summed E-state index contributed by atoms with van der Waals surface area (Å²) in [6.45, 7) is 3.76. The van der Waals surface area contributed by atoms with Crippen LogP contribution in [0.1, 0.15) is 11.1 Å². The zero-order valence-electron chi connectivity index (χ0n) is 8.92. The molecule has 0 aromatic heterocycles. The van der Waals surface area contributed by atoms with Crippen LogP contribution in [0.15, 0.2) is 12.1 Å². The molecule has 0 saturated carbocycles. The molecule has 15 heavy (non-hydrogen) atoms. The number of carbonyl (C=O) groups is 1. The Bertz CT molecular complexity index is 433. The highest BCUT2D eigenvalue weighted by Crippen LogP contribution is 2.26. The van der Waals surface area contributed by atoms with E-state index in [9.17, 15) is 4.79 Å². The van der Waals surface area contributed by atoms with Gasteiger partial charge in [0.1, 0.15) is 5.75 Å². The van der Waals surface area contributed by atoms with Gasteiger partial charge in [0, 0.05) is 5.69 Å². The summed E-state index contributed by atoms with van der Waals surface area (Å²) in [4.78, 5) is 10.9. The molecule has 1 aromatic carbocycles. The first-order chi connectivity index (χ1) is 7.10. The van der Waals surface area contributed by atoms with Gasteiger partial charge in [-0.3, -0.25) is 4.79 Å². The maximum absolute atomic E-state index is 10.9. The summed E-state index contributed by atoms with van der Waals surface area (Å²) in [5, 5.41) is 10.9. The molecule has 0 atom stereocenters. The van der Waals surface area contributed by atoms with Crippen molar-refractivity contribution in [1.29, 1.82) is 5.26 Å². The number of methoxy groups -OCH3 is 1. The predicted octanol–water partition coefficient (Wildman–Crippen LogP) is 1.77. The summed E-state index contributed by atoms with van der Waals surface area (Å²) in [6.07, 6.45) is 0. The SMILES string of the molecule is COc1ccc(NC(=O)C#N)c(C)c1C. The summed E-state index contributed by atoms with van der Waals surface area (Å²) in [5.74, 6) is 0.102. The number of hydrogen-bond acceptors (Lipinski definition) is 3. The lowest BCUT2D eigenvalue weighted by molar-refractivity contribution is -0.111. The second kappa shape index (κ2) is 4.47. The van der Waals surface area contributed by atoms with Gasteiger partial charge in [0.2, 0.25) is 0 Å². The second-order valence-corrected chi connectivity index (χ2v) is 3.13. The number of hydrogen-bond donors (Lipinski definition) is 1. The number of nitriles is 1. The highest BCUT2D eigenvalue weighted by atomic mass is 16.5. The molecule has 0 bridgehead atoms. The van der Waals surface area contributed by atoms with Crippen LogP contribution in [0.5, 0.6) is 5.75 Å². The molecule has 1 aromatic rings. The van der Waals surface area contributed by atoms with Crippen molar-refractivity contribution in [2.45, 2.75) is 13.8 Å². The average Bonchev–Trinajstić information content (AvgIpc) is 2.25. The standard InChI is InChI=1S/C11H12N2O2/c1-7-8(2)10(15-3)5-4-9(7)13-11(14)6-12/h4-5H,1-3H3,(H,13,14). The minimum atomic E-state index is -0.664. The van der Waals surface area contributed by atoms with Crippen molar-refractivity contribution >= 4 is 11.6 Å². The van der Waals surface area contributed by atoms with Gasteiger partial charge in [0.05, 0.1) is 7.11 Å². The van der Waals surface area contributed by atoms with Gasteiger partial charge in [-0.25, -0.2) is 0 Å². The third-order valence-electron chi connectivity index (χ3n) is 2.31. The minimum absolute atomic E-state index is 0.639. The Balaban J connectivity index is 3.08. The van der Waals surface area contributed by atoms with Crippen LogP contribution < -0.4 is 10.1 Å². The maximum Gasteiger partial charge on any atom is 0.326 e. The first kappa shape index (κ1) is 11.1. The van der Waals surface area contributed by atoms with E-state index >= 15 is 0 Å². The zero-order valence-corrected chi connectivity index (χ0v) is 8.92. The summed E-state index contributed by atoms with van der Waals surface area (Å²) in [7, 11) is 1.59. The molecular formula is C11H12N2O2. The largest absolute Gasteiger partial charge is 0.496 e. The second-order valence-electron chi connectivity index (χ2n) is 3.13. The topological polar surface area (TPSA) is 62.1 Å². The van der Waals surface area contributed by atoms with E-state index in [1.807, 2.05) is 13.8 Å². The van der Waals surface area contributed by atoms with Crippen molar-refractivity contribution in [3.63, 3.8) is 0 Å². The molecule has 1 amide bonds.